The van der Waals surface area contributed by atoms with Crippen molar-refractivity contribution < 1.29 is 14.3 Å². The van der Waals surface area contributed by atoms with Crippen LogP contribution in [0.15, 0.2) is 54.6 Å². The third kappa shape index (κ3) is 5.50. The van der Waals surface area contributed by atoms with Gasteiger partial charge in [-0.2, -0.15) is 0 Å². The van der Waals surface area contributed by atoms with Gasteiger partial charge in [0.05, 0.1) is 12.5 Å². The maximum atomic E-state index is 12.0. The molecule has 1 unspecified atom stereocenters. The van der Waals surface area contributed by atoms with Crippen LogP contribution in [-0.4, -0.2) is 32.1 Å². The van der Waals surface area contributed by atoms with Gasteiger partial charge in [0.15, 0.2) is 0 Å². The topological polar surface area (TPSA) is 59.6 Å². The molecule has 1 aliphatic rings. The summed E-state index contributed by atoms with van der Waals surface area (Å²) in [6.07, 6.45) is 2.02. The van der Waals surface area contributed by atoms with Crippen LogP contribution >= 0.6 is 0 Å². The second kappa shape index (κ2) is 9.08. The van der Waals surface area contributed by atoms with Crippen LogP contribution in [0.4, 0.5) is 0 Å². The average molecular weight is 340 g/mol. The Morgan fingerprint density at radius 2 is 1.76 bits per heavy atom. The van der Waals surface area contributed by atoms with Crippen LogP contribution < -0.4 is 20.1 Å². The lowest BCUT2D eigenvalue weighted by molar-refractivity contribution is -0.125. The molecular formula is C20H24N2O3. The number of carbonyl (C=O) groups excluding carboxylic acids is 1. The standard InChI is InChI=1S/C20H24N2O3/c23-20(16-5-4-12-21-15-16)22-13-14-24-17-8-10-19(11-9-17)25-18-6-2-1-3-7-18/h1-3,6-11,16,21H,4-5,12-15H2,(H,22,23). The summed E-state index contributed by atoms with van der Waals surface area (Å²) < 4.78 is 11.4. The molecule has 2 aromatic rings. The Kier molecular flexibility index (Phi) is 6.29. The molecule has 0 saturated carbocycles. The van der Waals surface area contributed by atoms with Gasteiger partial charge in [0, 0.05) is 6.54 Å². The number of carbonyl (C=O) groups is 1. The van der Waals surface area contributed by atoms with Crippen molar-refractivity contribution in [1.82, 2.24) is 10.6 Å². The largest absolute Gasteiger partial charge is 0.492 e. The number of piperidine rings is 1. The highest BCUT2D eigenvalue weighted by atomic mass is 16.5. The molecular weight excluding hydrogens is 316 g/mol. The van der Waals surface area contributed by atoms with Crippen LogP contribution in [0.25, 0.3) is 0 Å². The SMILES string of the molecule is O=C(NCCOc1ccc(Oc2ccccc2)cc1)C1CCCNC1. The molecule has 0 spiro atoms. The summed E-state index contributed by atoms with van der Waals surface area (Å²) in [7, 11) is 0. The van der Waals surface area contributed by atoms with Gasteiger partial charge in [-0.15, -0.1) is 0 Å². The van der Waals surface area contributed by atoms with E-state index in [0.29, 0.717) is 13.2 Å². The van der Waals surface area contributed by atoms with E-state index in [2.05, 4.69) is 10.6 Å². The van der Waals surface area contributed by atoms with Gasteiger partial charge in [0.2, 0.25) is 5.91 Å². The summed E-state index contributed by atoms with van der Waals surface area (Å²) in [6.45, 7) is 2.74. The van der Waals surface area contributed by atoms with Crippen LogP contribution in [-0.2, 0) is 4.79 Å². The van der Waals surface area contributed by atoms with Crippen LogP contribution in [0.3, 0.4) is 0 Å². The number of ether oxygens (including phenoxy) is 2. The summed E-state index contributed by atoms with van der Waals surface area (Å²) in [5, 5.41) is 6.19. The van der Waals surface area contributed by atoms with Gasteiger partial charge in [-0.05, 0) is 55.8 Å². The maximum absolute atomic E-state index is 12.0. The number of hydrogen-bond acceptors (Lipinski definition) is 4. The lowest BCUT2D eigenvalue weighted by Gasteiger charge is -2.21. The minimum Gasteiger partial charge on any atom is -0.492 e. The van der Waals surface area contributed by atoms with Crippen molar-refractivity contribution >= 4 is 5.91 Å². The zero-order valence-corrected chi connectivity index (χ0v) is 14.2. The van der Waals surface area contributed by atoms with Crippen LogP contribution in [0.5, 0.6) is 17.2 Å². The molecule has 0 radical (unpaired) electrons. The first-order valence-electron chi connectivity index (χ1n) is 8.75. The van der Waals surface area contributed by atoms with E-state index in [4.69, 9.17) is 9.47 Å². The van der Waals surface area contributed by atoms with E-state index in [-0.39, 0.29) is 11.8 Å². The number of benzene rings is 2. The number of nitrogens with one attached hydrogen (secondary N) is 2. The molecule has 1 atom stereocenters. The van der Waals surface area contributed by atoms with Gasteiger partial charge in [-0.25, -0.2) is 0 Å². The Bertz CT molecular complexity index is 652. The van der Waals surface area contributed by atoms with E-state index in [0.717, 1.165) is 43.2 Å². The summed E-state index contributed by atoms with van der Waals surface area (Å²) in [4.78, 5) is 12.0. The third-order valence-corrected chi connectivity index (χ3v) is 4.14. The molecule has 1 amide bonds. The first-order valence-corrected chi connectivity index (χ1v) is 8.75. The molecule has 0 aromatic heterocycles. The molecule has 1 heterocycles. The van der Waals surface area contributed by atoms with Gasteiger partial charge in [0.25, 0.3) is 0 Å². The van der Waals surface area contributed by atoms with Crippen molar-refractivity contribution in [3.8, 4) is 17.2 Å². The predicted octanol–water partition coefficient (Wildman–Crippen LogP) is 2.97. The van der Waals surface area contributed by atoms with E-state index in [1.807, 2.05) is 54.6 Å². The highest BCUT2D eigenvalue weighted by molar-refractivity contribution is 5.78. The Labute approximate surface area is 148 Å². The van der Waals surface area contributed by atoms with E-state index < -0.39 is 0 Å². The molecule has 2 N–H and O–H groups in total. The number of amides is 1. The second-order valence-corrected chi connectivity index (χ2v) is 6.07. The summed E-state index contributed by atoms with van der Waals surface area (Å²) >= 11 is 0. The zero-order valence-electron chi connectivity index (χ0n) is 14.2. The zero-order chi connectivity index (χ0) is 17.3. The Balaban J connectivity index is 1.37. The monoisotopic (exact) mass is 340 g/mol. The maximum Gasteiger partial charge on any atom is 0.224 e. The number of para-hydroxylation sites is 1. The first-order chi connectivity index (χ1) is 12.3. The molecule has 1 saturated heterocycles. The van der Waals surface area contributed by atoms with Gasteiger partial charge in [-0.1, -0.05) is 18.2 Å². The molecule has 1 aliphatic heterocycles. The van der Waals surface area contributed by atoms with Crippen LogP contribution in [0.2, 0.25) is 0 Å². The fourth-order valence-electron chi connectivity index (χ4n) is 2.79. The van der Waals surface area contributed by atoms with E-state index in [1.165, 1.54) is 0 Å². The molecule has 5 nitrogen and oxygen atoms in total. The Hall–Kier alpha value is -2.53. The quantitative estimate of drug-likeness (QED) is 0.761. The normalized spacial score (nSPS) is 16.9. The first kappa shape index (κ1) is 17.3. The molecule has 132 valence electrons. The number of rotatable bonds is 7. The van der Waals surface area contributed by atoms with Crippen LogP contribution in [0.1, 0.15) is 12.8 Å². The van der Waals surface area contributed by atoms with Crippen molar-refractivity contribution in [3.05, 3.63) is 54.6 Å². The smallest absolute Gasteiger partial charge is 0.224 e. The van der Waals surface area contributed by atoms with Gasteiger partial charge in [0.1, 0.15) is 23.9 Å². The van der Waals surface area contributed by atoms with Crippen molar-refractivity contribution in [2.24, 2.45) is 5.92 Å². The molecule has 1 fully saturated rings. The van der Waals surface area contributed by atoms with Gasteiger partial charge >= 0.3 is 0 Å². The van der Waals surface area contributed by atoms with E-state index in [9.17, 15) is 4.79 Å². The minimum atomic E-state index is 0.0863. The Morgan fingerprint density at radius 3 is 2.48 bits per heavy atom. The minimum absolute atomic E-state index is 0.0863. The summed E-state index contributed by atoms with van der Waals surface area (Å²) in [5.74, 6) is 2.52. The lowest BCUT2D eigenvalue weighted by atomic mass is 9.99. The second-order valence-electron chi connectivity index (χ2n) is 6.07. The average Bonchev–Trinajstić information content (AvgIpc) is 2.68. The fraction of sp³-hybridized carbons (Fsp3) is 0.350. The highest BCUT2D eigenvalue weighted by Crippen LogP contribution is 2.23. The predicted molar refractivity (Wildman–Crippen MR) is 97.1 cm³/mol. The van der Waals surface area contributed by atoms with E-state index >= 15 is 0 Å². The molecule has 0 aliphatic carbocycles. The van der Waals surface area contributed by atoms with Crippen molar-refractivity contribution in [3.63, 3.8) is 0 Å². The van der Waals surface area contributed by atoms with Crippen molar-refractivity contribution in [1.29, 1.82) is 0 Å². The molecule has 0 bridgehead atoms. The van der Waals surface area contributed by atoms with Gasteiger partial charge in [-0.3, -0.25) is 4.79 Å². The number of hydrogen-bond donors (Lipinski definition) is 2. The molecule has 3 rings (SSSR count). The van der Waals surface area contributed by atoms with Crippen LogP contribution in [0, 0.1) is 5.92 Å². The lowest BCUT2D eigenvalue weighted by Crippen LogP contribution is -2.41. The molecule has 5 heteroatoms. The summed E-state index contributed by atoms with van der Waals surface area (Å²) in [5.41, 5.74) is 0. The summed E-state index contributed by atoms with van der Waals surface area (Å²) in [6, 6.07) is 17.1. The van der Waals surface area contributed by atoms with Crippen molar-refractivity contribution in [2.45, 2.75) is 12.8 Å². The van der Waals surface area contributed by atoms with Gasteiger partial charge < -0.3 is 20.1 Å². The highest BCUT2D eigenvalue weighted by Gasteiger charge is 2.20. The Morgan fingerprint density at radius 1 is 1.04 bits per heavy atom. The fourth-order valence-corrected chi connectivity index (χ4v) is 2.79. The molecule has 25 heavy (non-hydrogen) atoms. The van der Waals surface area contributed by atoms with E-state index in [1.54, 1.807) is 0 Å². The van der Waals surface area contributed by atoms with Crippen molar-refractivity contribution in [2.75, 3.05) is 26.2 Å². The third-order valence-electron chi connectivity index (χ3n) is 4.14. The molecule has 2 aromatic carbocycles.